The lowest BCUT2D eigenvalue weighted by Crippen LogP contribution is -2.33. The van der Waals surface area contributed by atoms with Crippen molar-refractivity contribution in [1.82, 2.24) is 0 Å². The van der Waals surface area contributed by atoms with Crippen molar-refractivity contribution in [3.05, 3.63) is 24.3 Å². The lowest BCUT2D eigenvalue weighted by Gasteiger charge is -2.27. The fourth-order valence-corrected chi connectivity index (χ4v) is 2.22. The topological polar surface area (TPSA) is 92.4 Å². The number of hydrogen-bond acceptors (Lipinski definition) is 4. The summed E-state index contributed by atoms with van der Waals surface area (Å²) in [5.41, 5.74) is 0.0451. The van der Waals surface area contributed by atoms with Gasteiger partial charge in [-0.15, -0.1) is 0 Å². The number of sulfonamides is 1. The van der Waals surface area contributed by atoms with Crippen LogP contribution in [0.1, 0.15) is 20.3 Å². The van der Waals surface area contributed by atoms with Crippen LogP contribution < -0.4 is 10.5 Å². The SMILES string of the molecule is CC(C)(CCO)Nc1ccccc1S(N)(=O)=O. The van der Waals surface area contributed by atoms with Gasteiger partial charge in [-0.1, -0.05) is 12.1 Å². The van der Waals surface area contributed by atoms with Crippen molar-refractivity contribution in [2.75, 3.05) is 11.9 Å². The van der Waals surface area contributed by atoms with E-state index in [1.165, 1.54) is 6.07 Å². The fraction of sp³-hybridized carbons (Fsp3) is 0.455. The number of nitrogens with two attached hydrogens (primary N) is 1. The van der Waals surface area contributed by atoms with E-state index >= 15 is 0 Å². The zero-order valence-corrected chi connectivity index (χ0v) is 10.8. The van der Waals surface area contributed by atoms with Crippen LogP contribution in [0.4, 0.5) is 5.69 Å². The molecular formula is C11H18N2O3S. The summed E-state index contributed by atoms with van der Waals surface area (Å²) in [5.74, 6) is 0. The van der Waals surface area contributed by atoms with Gasteiger partial charge in [0, 0.05) is 12.1 Å². The Hall–Kier alpha value is -1.11. The van der Waals surface area contributed by atoms with Gasteiger partial charge in [-0.3, -0.25) is 0 Å². The molecule has 0 spiro atoms. The van der Waals surface area contributed by atoms with E-state index in [1.54, 1.807) is 18.2 Å². The van der Waals surface area contributed by atoms with E-state index in [4.69, 9.17) is 10.2 Å². The highest BCUT2D eigenvalue weighted by Gasteiger charge is 2.20. The molecule has 0 atom stereocenters. The summed E-state index contributed by atoms with van der Waals surface area (Å²) in [6, 6.07) is 6.45. The molecule has 0 bridgehead atoms. The average molecular weight is 258 g/mol. The summed E-state index contributed by atoms with van der Waals surface area (Å²) in [6.45, 7) is 3.78. The van der Waals surface area contributed by atoms with E-state index in [2.05, 4.69) is 5.32 Å². The van der Waals surface area contributed by atoms with E-state index < -0.39 is 15.6 Å². The van der Waals surface area contributed by atoms with Gasteiger partial charge in [0.25, 0.3) is 0 Å². The van der Waals surface area contributed by atoms with Gasteiger partial charge < -0.3 is 10.4 Å². The number of nitrogens with one attached hydrogen (secondary N) is 1. The number of rotatable bonds is 5. The quantitative estimate of drug-likeness (QED) is 0.732. The van der Waals surface area contributed by atoms with Crippen molar-refractivity contribution in [1.29, 1.82) is 0 Å². The first-order valence-electron chi connectivity index (χ1n) is 5.27. The Balaban J connectivity index is 3.08. The molecule has 0 saturated heterocycles. The first-order valence-corrected chi connectivity index (χ1v) is 6.82. The molecule has 1 aromatic rings. The van der Waals surface area contributed by atoms with Gasteiger partial charge in [0.05, 0.1) is 5.69 Å². The van der Waals surface area contributed by atoms with E-state index in [-0.39, 0.29) is 11.5 Å². The predicted octanol–water partition coefficient (Wildman–Crippen LogP) is 0.907. The van der Waals surface area contributed by atoms with Crippen molar-refractivity contribution in [2.45, 2.75) is 30.7 Å². The Morgan fingerprint density at radius 3 is 2.47 bits per heavy atom. The molecule has 96 valence electrons. The second kappa shape index (κ2) is 5.03. The van der Waals surface area contributed by atoms with Crippen LogP contribution in [0.25, 0.3) is 0 Å². The smallest absolute Gasteiger partial charge is 0.240 e. The Kier molecular flexibility index (Phi) is 4.13. The van der Waals surface area contributed by atoms with Gasteiger partial charge in [0.1, 0.15) is 4.90 Å². The van der Waals surface area contributed by atoms with Crippen LogP contribution in [0.5, 0.6) is 0 Å². The second-order valence-electron chi connectivity index (χ2n) is 4.52. The number of aliphatic hydroxyl groups excluding tert-OH is 1. The molecule has 1 rings (SSSR count). The molecule has 0 unspecified atom stereocenters. The van der Waals surface area contributed by atoms with Crippen LogP contribution in [-0.2, 0) is 10.0 Å². The minimum Gasteiger partial charge on any atom is -0.396 e. The number of hydrogen-bond donors (Lipinski definition) is 3. The molecule has 0 radical (unpaired) electrons. The van der Waals surface area contributed by atoms with E-state index in [9.17, 15) is 8.42 Å². The third-order valence-corrected chi connectivity index (χ3v) is 3.37. The van der Waals surface area contributed by atoms with Crippen LogP contribution in [0.15, 0.2) is 29.2 Å². The van der Waals surface area contributed by atoms with Gasteiger partial charge in [0.15, 0.2) is 0 Å². The predicted molar refractivity (Wildman–Crippen MR) is 67.2 cm³/mol. The monoisotopic (exact) mass is 258 g/mol. The highest BCUT2D eigenvalue weighted by Crippen LogP contribution is 2.24. The third-order valence-electron chi connectivity index (χ3n) is 2.40. The molecule has 0 aliphatic heterocycles. The Morgan fingerprint density at radius 2 is 1.94 bits per heavy atom. The summed E-state index contributed by atoms with van der Waals surface area (Å²) >= 11 is 0. The minimum atomic E-state index is -3.75. The van der Waals surface area contributed by atoms with Crippen LogP contribution in [-0.4, -0.2) is 25.7 Å². The lowest BCUT2D eigenvalue weighted by molar-refractivity contribution is 0.260. The number of anilines is 1. The molecule has 0 aliphatic carbocycles. The molecule has 17 heavy (non-hydrogen) atoms. The van der Waals surface area contributed by atoms with Crippen LogP contribution >= 0.6 is 0 Å². The lowest BCUT2D eigenvalue weighted by atomic mass is 10.0. The summed E-state index contributed by atoms with van der Waals surface area (Å²) in [7, 11) is -3.75. The highest BCUT2D eigenvalue weighted by atomic mass is 32.2. The number of primary sulfonamides is 1. The summed E-state index contributed by atoms with van der Waals surface area (Å²) in [5, 5.41) is 17.1. The van der Waals surface area contributed by atoms with E-state index in [0.717, 1.165) is 0 Å². The van der Waals surface area contributed by atoms with Gasteiger partial charge in [-0.25, -0.2) is 13.6 Å². The van der Waals surface area contributed by atoms with Crippen LogP contribution in [0, 0.1) is 0 Å². The standard InChI is InChI=1S/C11H18N2O3S/c1-11(2,7-8-14)13-9-5-3-4-6-10(9)17(12,15)16/h3-6,13-14H,7-8H2,1-2H3,(H2,12,15,16). The van der Waals surface area contributed by atoms with Crippen molar-refractivity contribution in [3.8, 4) is 0 Å². The molecule has 6 heteroatoms. The van der Waals surface area contributed by atoms with Gasteiger partial charge in [-0.05, 0) is 32.4 Å². The van der Waals surface area contributed by atoms with Crippen LogP contribution in [0.2, 0.25) is 0 Å². The molecule has 0 saturated carbocycles. The highest BCUT2D eigenvalue weighted by molar-refractivity contribution is 7.89. The average Bonchev–Trinajstić information content (AvgIpc) is 2.15. The fourth-order valence-electron chi connectivity index (χ4n) is 1.52. The first-order chi connectivity index (χ1) is 7.76. The number of benzene rings is 1. The van der Waals surface area contributed by atoms with Crippen LogP contribution in [0.3, 0.4) is 0 Å². The second-order valence-corrected chi connectivity index (χ2v) is 6.05. The van der Waals surface area contributed by atoms with Crippen molar-refractivity contribution in [3.63, 3.8) is 0 Å². The molecule has 1 aromatic carbocycles. The Morgan fingerprint density at radius 1 is 1.35 bits per heavy atom. The van der Waals surface area contributed by atoms with E-state index in [0.29, 0.717) is 12.1 Å². The first kappa shape index (κ1) is 14.0. The normalized spacial score (nSPS) is 12.5. The molecule has 0 aromatic heterocycles. The summed E-state index contributed by atoms with van der Waals surface area (Å²) in [4.78, 5) is 0.0611. The van der Waals surface area contributed by atoms with Gasteiger partial charge >= 0.3 is 0 Å². The Bertz CT molecular complexity index is 483. The van der Waals surface area contributed by atoms with Crippen molar-refractivity contribution >= 4 is 15.7 Å². The maximum Gasteiger partial charge on any atom is 0.240 e. The number of aliphatic hydroxyl groups is 1. The minimum absolute atomic E-state index is 0.0253. The molecule has 5 nitrogen and oxygen atoms in total. The van der Waals surface area contributed by atoms with E-state index in [1.807, 2.05) is 13.8 Å². The largest absolute Gasteiger partial charge is 0.396 e. The number of para-hydroxylation sites is 1. The molecule has 0 amide bonds. The molecule has 0 heterocycles. The summed E-state index contributed by atoms with van der Waals surface area (Å²) in [6.07, 6.45) is 0.506. The zero-order valence-electron chi connectivity index (χ0n) is 9.97. The Labute approximate surface area is 102 Å². The zero-order chi connectivity index (χ0) is 13.1. The maximum atomic E-state index is 11.4. The van der Waals surface area contributed by atoms with Crippen molar-refractivity contribution < 1.29 is 13.5 Å². The maximum absolute atomic E-state index is 11.4. The molecular weight excluding hydrogens is 240 g/mol. The molecule has 0 fully saturated rings. The van der Waals surface area contributed by atoms with Gasteiger partial charge in [0.2, 0.25) is 10.0 Å². The molecule has 0 aliphatic rings. The molecule has 4 N–H and O–H groups in total. The summed E-state index contributed by atoms with van der Waals surface area (Å²) < 4.78 is 22.8. The van der Waals surface area contributed by atoms with Gasteiger partial charge in [-0.2, -0.15) is 0 Å². The third kappa shape index (κ3) is 3.99. The van der Waals surface area contributed by atoms with Crippen molar-refractivity contribution in [2.24, 2.45) is 5.14 Å².